The summed E-state index contributed by atoms with van der Waals surface area (Å²) < 4.78 is 57.0. The smallest absolute Gasteiger partial charge is 0.259 e. The van der Waals surface area contributed by atoms with E-state index in [0.29, 0.717) is 6.07 Å². The van der Waals surface area contributed by atoms with Gasteiger partial charge in [-0.2, -0.15) is 5.26 Å². The maximum absolute atomic E-state index is 14.6. The summed E-state index contributed by atoms with van der Waals surface area (Å²) in [5.41, 5.74) is -0.570. The summed E-state index contributed by atoms with van der Waals surface area (Å²) in [7, 11) is 0. The van der Waals surface area contributed by atoms with E-state index in [4.69, 9.17) is 11.6 Å². The number of carbonyl (C=O) groups is 3. The molecule has 0 unspecified atom stereocenters. The van der Waals surface area contributed by atoms with Gasteiger partial charge in [-0.15, -0.1) is 0 Å². The molecule has 3 aromatic rings. The zero-order valence-corrected chi connectivity index (χ0v) is 24.1. The minimum absolute atomic E-state index is 0. The van der Waals surface area contributed by atoms with Crippen LogP contribution >= 0.6 is 11.6 Å². The Morgan fingerprint density at radius 2 is 1.78 bits per heavy atom. The third-order valence-electron chi connectivity index (χ3n) is 7.67. The second kappa shape index (κ2) is 13.8. The number of hydrogen-bond donors (Lipinski definition) is 2. The number of alkyl halides is 2. The first kappa shape index (κ1) is 34.3. The molecule has 10 nitrogen and oxygen atoms in total. The van der Waals surface area contributed by atoms with Gasteiger partial charge < -0.3 is 10.4 Å². The maximum Gasteiger partial charge on any atom is 0.259 e. The van der Waals surface area contributed by atoms with E-state index in [1.807, 2.05) is 0 Å². The van der Waals surface area contributed by atoms with E-state index in [2.05, 4.69) is 15.3 Å². The molecule has 2 aliphatic rings. The number of aliphatic hydroxyl groups is 1. The van der Waals surface area contributed by atoms with E-state index in [1.165, 1.54) is 24.3 Å². The molecule has 242 valence electrons. The zero-order valence-electron chi connectivity index (χ0n) is 23.3. The van der Waals surface area contributed by atoms with E-state index in [0.717, 1.165) is 28.1 Å². The third kappa shape index (κ3) is 7.11. The van der Waals surface area contributed by atoms with E-state index >= 15 is 0 Å². The quantitative estimate of drug-likeness (QED) is 0.346. The number of amides is 3. The number of nitriles is 1. The van der Waals surface area contributed by atoms with Gasteiger partial charge >= 0.3 is 0 Å². The highest BCUT2D eigenvalue weighted by Crippen LogP contribution is 2.38. The lowest BCUT2D eigenvalue weighted by molar-refractivity contribution is -0.128. The molecule has 0 radical (unpaired) electrons. The van der Waals surface area contributed by atoms with E-state index in [-0.39, 0.29) is 36.5 Å². The van der Waals surface area contributed by atoms with Crippen molar-refractivity contribution in [1.29, 1.82) is 5.26 Å². The van der Waals surface area contributed by atoms with Gasteiger partial charge in [0.2, 0.25) is 17.8 Å². The zero-order chi connectivity index (χ0) is 32.5. The Morgan fingerprint density at radius 1 is 1.13 bits per heavy atom. The molecule has 1 aromatic heterocycles. The highest BCUT2D eigenvalue weighted by molar-refractivity contribution is 6.31. The summed E-state index contributed by atoms with van der Waals surface area (Å²) in [6.45, 7) is 0. The summed E-state index contributed by atoms with van der Waals surface area (Å²) in [4.78, 5) is 51.1. The Bertz CT molecular complexity index is 1660. The summed E-state index contributed by atoms with van der Waals surface area (Å²) in [6.07, 6.45) is -2.19. The molecule has 2 aromatic carbocycles. The second-order valence-electron chi connectivity index (χ2n) is 10.7. The van der Waals surface area contributed by atoms with Crippen LogP contribution in [-0.2, 0) is 14.4 Å². The van der Waals surface area contributed by atoms with Crippen LogP contribution in [0.4, 0.5) is 29.2 Å². The molecule has 5 rings (SSSR count). The Morgan fingerprint density at radius 3 is 2.41 bits per heavy atom. The Hall–Kier alpha value is -4.61. The van der Waals surface area contributed by atoms with Crippen LogP contribution in [0.5, 0.6) is 0 Å². The molecule has 0 bridgehead atoms. The normalized spacial score (nSPS) is 19.9. The van der Waals surface area contributed by atoms with Gasteiger partial charge in [0.1, 0.15) is 41.6 Å². The van der Waals surface area contributed by atoms with Crippen LogP contribution in [0.15, 0.2) is 54.7 Å². The van der Waals surface area contributed by atoms with Crippen molar-refractivity contribution >= 4 is 41.0 Å². The van der Waals surface area contributed by atoms with Crippen LogP contribution in [0.2, 0.25) is 5.02 Å². The minimum atomic E-state index is -2.89. The van der Waals surface area contributed by atoms with E-state index in [9.17, 15) is 42.3 Å². The fraction of sp³-hybridized carbons (Fsp3) is 0.355. The van der Waals surface area contributed by atoms with E-state index in [1.54, 1.807) is 12.1 Å². The van der Waals surface area contributed by atoms with Crippen LogP contribution in [0, 0.1) is 23.0 Å². The van der Waals surface area contributed by atoms with Crippen LogP contribution in [0.25, 0.3) is 0 Å². The summed E-state index contributed by atoms with van der Waals surface area (Å²) in [6, 6.07) is 7.00. The molecular weight excluding hydrogens is 632 g/mol. The molecule has 2 N–H and O–H groups in total. The molecule has 3 atom stereocenters. The minimum Gasteiger partial charge on any atom is -0.383 e. The van der Waals surface area contributed by atoms with Gasteiger partial charge in [0.15, 0.2) is 0 Å². The van der Waals surface area contributed by atoms with Crippen molar-refractivity contribution in [1.82, 2.24) is 15.3 Å². The lowest BCUT2D eigenvalue weighted by Gasteiger charge is -2.36. The van der Waals surface area contributed by atoms with Gasteiger partial charge in [0.05, 0.1) is 5.69 Å². The average molecular weight is 661 g/mol. The van der Waals surface area contributed by atoms with Gasteiger partial charge in [-0.05, 0) is 37.1 Å². The lowest BCUT2D eigenvalue weighted by Crippen LogP contribution is -2.53. The highest BCUT2D eigenvalue weighted by Gasteiger charge is 2.49. The largest absolute Gasteiger partial charge is 0.383 e. The van der Waals surface area contributed by atoms with Gasteiger partial charge in [0, 0.05) is 48.2 Å². The second-order valence-corrected chi connectivity index (χ2v) is 11.1. The highest BCUT2D eigenvalue weighted by atomic mass is 35.5. The molecule has 3 amide bonds. The molecule has 1 aliphatic heterocycles. The molecular formula is C31H29ClF4N6O4. The fourth-order valence-electron chi connectivity index (χ4n) is 5.51. The third-order valence-corrected chi connectivity index (χ3v) is 8.02. The van der Waals surface area contributed by atoms with Crippen molar-refractivity contribution in [2.45, 2.75) is 69.7 Å². The number of nitrogens with one attached hydrogen (secondary N) is 1. The molecule has 1 saturated carbocycles. The number of nitrogens with zero attached hydrogens (tertiary/aromatic N) is 5. The predicted octanol–water partition coefficient (Wildman–Crippen LogP) is 4.85. The Labute approximate surface area is 266 Å². The average Bonchev–Trinajstić information content (AvgIpc) is 3.30. The van der Waals surface area contributed by atoms with Gasteiger partial charge in [-0.1, -0.05) is 37.2 Å². The topological polar surface area (TPSA) is 140 Å². The summed E-state index contributed by atoms with van der Waals surface area (Å²) >= 11 is 6.49. The number of aliphatic hydroxyl groups excluding tert-OH is 1. The maximum atomic E-state index is 14.6. The number of halogens is 5. The van der Waals surface area contributed by atoms with Gasteiger partial charge in [0.25, 0.3) is 11.8 Å². The number of carbonyl (C=O) groups excluding carboxylic acids is 3. The Kier molecular flexibility index (Phi) is 10.3. The molecule has 2 fully saturated rings. The molecule has 1 saturated heterocycles. The number of benzene rings is 2. The van der Waals surface area contributed by atoms with Crippen molar-refractivity contribution in [3.8, 4) is 6.07 Å². The van der Waals surface area contributed by atoms with Crippen molar-refractivity contribution in [3.05, 3.63) is 82.6 Å². The number of rotatable bonds is 7. The molecule has 2 heterocycles. The van der Waals surface area contributed by atoms with Crippen LogP contribution in [0.3, 0.4) is 0 Å². The van der Waals surface area contributed by atoms with Crippen molar-refractivity contribution in [2.24, 2.45) is 0 Å². The first-order chi connectivity index (χ1) is 21.4. The first-order valence-electron chi connectivity index (χ1n) is 13.8. The van der Waals surface area contributed by atoms with Crippen LogP contribution in [-0.4, -0.2) is 56.9 Å². The van der Waals surface area contributed by atoms with Crippen LogP contribution in [0.1, 0.15) is 56.8 Å². The van der Waals surface area contributed by atoms with Crippen molar-refractivity contribution in [2.75, 3.05) is 9.80 Å². The Balaban J connectivity index is 0.00000480. The summed E-state index contributed by atoms with van der Waals surface area (Å²) in [5.74, 6) is -8.45. The van der Waals surface area contributed by atoms with Crippen molar-refractivity contribution < 1.29 is 37.1 Å². The lowest BCUT2D eigenvalue weighted by atomic mass is 9.91. The fourth-order valence-corrected chi connectivity index (χ4v) is 5.75. The number of aromatic nitrogens is 2. The standard InChI is InChI=1S/C30H25ClF4N6O4.CH4/c31-22-4-2-1-3-21(22)25(26(43)38-18-5-8-30(34,35)9-6-18)40(20-12-16(32)11-17(33)13-20)27(44)23-14-24(42)28(45)41(23)29-37-10-7-19(15-36)39-29;/h1-4,7,10-13,18,23-25,42H,5-6,8-9,14H2,(H,38,43);1H4/t23-,24+,25-;/m0./s1. The number of anilines is 2. The number of hydrogen-bond acceptors (Lipinski definition) is 7. The van der Waals surface area contributed by atoms with Gasteiger partial charge in [-0.3, -0.25) is 24.2 Å². The molecule has 1 aliphatic carbocycles. The first-order valence-corrected chi connectivity index (χ1v) is 14.2. The summed E-state index contributed by atoms with van der Waals surface area (Å²) in [5, 5.41) is 22.5. The van der Waals surface area contributed by atoms with Crippen molar-refractivity contribution in [3.63, 3.8) is 0 Å². The SMILES string of the molecule is C.N#Cc1ccnc(N2C(=O)[C@H](O)C[C@H]2C(=O)N(c2cc(F)cc(F)c2)[C@H](C(=O)NC2CCC(F)(F)CC2)c2ccccc2Cl)n1. The molecule has 15 heteroatoms. The monoisotopic (exact) mass is 660 g/mol. The van der Waals surface area contributed by atoms with E-state index < -0.39 is 90.4 Å². The molecule has 46 heavy (non-hydrogen) atoms. The van der Waals surface area contributed by atoms with Gasteiger partial charge in [-0.25, -0.2) is 27.5 Å². The molecule has 0 spiro atoms. The van der Waals surface area contributed by atoms with Crippen LogP contribution < -0.4 is 15.1 Å². The predicted molar refractivity (Wildman–Crippen MR) is 159 cm³/mol.